The molecule has 0 fully saturated rings. The molecule has 0 amide bonds. The molecule has 6 heteroatoms. The molecule has 0 aromatic heterocycles. The van der Waals surface area contributed by atoms with E-state index in [0.717, 1.165) is 0 Å². The van der Waals surface area contributed by atoms with Crippen molar-refractivity contribution in [1.29, 1.82) is 0 Å². The largest absolute Gasteiger partial charge is 0.469 e. The van der Waals surface area contributed by atoms with Crippen molar-refractivity contribution in [3.05, 3.63) is 12.7 Å². The van der Waals surface area contributed by atoms with Gasteiger partial charge in [-0.25, -0.2) is 0 Å². The van der Waals surface area contributed by atoms with Crippen LogP contribution in [0, 0.1) is 16.7 Å². The van der Waals surface area contributed by atoms with Crippen LogP contribution in [0.2, 0.25) is 0 Å². The molecule has 0 aromatic carbocycles. The number of nitrogens with one attached hydrogen (secondary N) is 1. The summed E-state index contributed by atoms with van der Waals surface area (Å²) in [6.45, 7) is 15.9. The fourth-order valence-corrected chi connectivity index (χ4v) is 2.71. The first-order valence-electron chi connectivity index (χ1n) is 9.05. The number of hydrogen-bond donors (Lipinski definition) is 2. The summed E-state index contributed by atoms with van der Waals surface area (Å²) in [6, 6.07) is -0.494. The molecule has 0 radical (unpaired) electrons. The van der Waals surface area contributed by atoms with Gasteiger partial charge in [-0.3, -0.25) is 9.59 Å². The van der Waals surface area contributed by atoms with E-state index in [9.17, 15) is 14.7 Å². The number of carbonyl (C=O) groups excluding carboxylic acids is 2. The molecule has 6 nitrogen and oxygen atoms in total. The van der Waals surface area contributed by atoms with Gasteiger partial charge in [-0.05, 0) is 10.8 Å². The van der Waals surface area contributed by atoms with Crippen LogP contribution in [0.25, 0.3) is 0 Å². The number of carbonyl (C=O) groups is 2. The van der Waals surface area contributed by atoms with E-state index in [1.165, 1.54) is 7.11 Å². The lowest BCUT2D eigenvalue weighted by molar-refractivity contribution is -0.151. The molecule has 2 N–H and O–H groups in total. The Balaban J connectivity index is 5.04. The predicted molar refractivity (Wildman–Crippen MR) is 103 cm³/mol. The average molecular weight is 372 g/mol. The Morgan fingerprint density at radius 1 is 1.15 bits per heavy atom. The first-order valence-corrected chi connectivity index (χ1v) is 9.05. The summed E-state index contributed by atoms with van der Waals surface area (Å²) in [4.78, 5) is 25.1. The average Bonchev–Trinajstić information content (AvgIpc) is 2.49. The molecule has 0 saturated carbocycles. The number of rotatable bonds is 11. The van der Waals surface area contributed by atoms with Crippen LogP contribution in [0.1, 0.15) is 48.0 Å². The summed E-state index contributed by atoms with van der Waals surface area (Å²) >= 11 is 0. The van der Waals surface area contributed by atoms with Crippen molar-refractivity contribution in [3.8, 4) is 0 Å². The van der Waals surface area contributed by atoms with E-state index in [-0.39, 0.29) is 42.2 Å². The van der Waals surface area contributed by atoms with E-state index in [0.29, 0.717) is 6.61 Å². The van der Waals surface area contributed by atoms with Gasteiger partial charge in [0.2, 0.25) is 0 Å². The van der Waals surface area contributed by atoms with Crippen LogP contribution in [0.3, 0.4) is 0 Å². The molecule has 0 aromatic rings. The molecule has 0 spiro atoms. The lowest BCUT2D eigenvalue weighted by atomic mass is 9.74. The van der Waals surface area contributed by atoms with Crippen LogP contribution in [-0.2, 0) is 19.1 Å². The molecule has 0 bridgehead atoms. The fourth-order valence-electron chi connectivity index (χ4n) is 2.71. The predicted octanol–water partition coefficient (Wildman–Crippen LogP) is 2.35. The molecule has 0 aliphatic rings. The highest BCUT2D eigenvalue weighted by Crippen LogP contribution is 2.32. The Labute approximate surface area is 158 Å². The number of aliphatic hydroxyl groups is 1. The van der Waals surface area contributed by atoms with Crippen molar-refractivity contribution in [2.45, 2.75) is 60.1 Å². The Bertz CT molecular complexity index is 462. The van der Waals surface area contributed by atoms with Gasteiger partial charge < -0.3 is 19.9 Å². The molecule has 0 heterocycles. The number of hydrogen-bond acceptors (Lipinski definition) is 6. The maximum atomic E-state index is 12.9. The smallest absolute Gasteiger partial charge is 0.309 e. The third-order valence-corrected chi connectivity index (χ3v) is 4.23. The first kappa shape index (κ1) is 24.8. The van der Waals surface area contributed by atoms with Crippen LogP contribution in [0.15, 0.2) is 12.7 Å². The van der Waals surface area contributed by atoms with Crippen LogP contribution in [-0.4, -0.2) is 55.9 Å². The van der Waals surface area contributed by atoms with Crippen LogP contribution < -0.4 is 5.32 Å². The standard InChI is InChI=1S/C20H37NO5/c1-9-10-26-13-14(22)12-21-17(20(5,6)7)16(23)11-15(18(24)25-8)19(2,3)4/h9,14-15,17,21-22H,1,10-13H2,2-8H3. The third kappa shape index (κ3) is 8.92. The SMILES string of the molecule is C=CCOCC(O)CNC(C(=O)CC(C(=O)OC)C(C)(C)C)C(C)(C)C. The van der Waals surface area contributed by atoms with E-state index in [1.807, 2.05) is 41.5 Å². The summed E-state index contributed by atoms with van der Waals surface area (Å²) in [5.41, 5.74) is -0.749. The Morgan fingerprint density at radius 2 is 1.73 bits per heavy atom. The zero-order valence-corrected chi connectivity index (χ0v) is 17.4. The van der Waals surface area contributed by atoms with Crippen molar-refractivity contribution < 1.29 is 24.2 Å². The van der Waals surface area contributed by atoms with Gasteiger partial charge in [0.15, 0.2) is 5.78 Å². The highest BCUT2D eigenvalue weighted by atomic mass is 16.5. The quantitative estimate of drug-likeness (QED) is 0.329. The summed E-state index contributed by atoms with van der Waals surface area (Å²) < 4.78 is 10.1. The Kier molecular flexibility index (Phi) is 10.3. The summed E-state index contributed by atoms with van der Waals surface area (Å²) in [6.07, 6.45) is 0.974. The second kappa shape index (κ2) is 10.8. The molecule has 0 saturated heterocycles. The topological polar surface area (TPSA) is 84.9 Å². The van der Waals surface area contributed by atoms with Gasteiger partial charge in [0.25, 0.3) is 0 Å². The molecule has 26 heavy (non-hydrogen) atoms. The fraction of sp³-hybridized carbons (Fsp3) is 0.800. The summed E-state index contributed by atoms with van der Waals surface area (Å²) in [5.74, 6) is -0.967. The number of ether oxygens (including phenoxy) is 2. The van der Waals surface area contributed by atoms with E-state index in [4.69, 9.17) is 9.47 Å². The van der Waals surface area contributed by atoms with Gasteiger partial charge >= 0.3 is 5.97 Å². The van der Waals surface area contributed by atoms with E-state index in [1.54, 1.807) is 6.08 Å². The molecule has 0 aliphatic carbocycles. The lowest BCUT2D eigenvalue weighted by Crippen LogP contribution is -2.50. The van der Waals surface area contributed by atoms with E-state index in [2.05, 4.69) is 11.9 Å². The molecule has 3 atom stereocenters. The maximum Gasteiger partial charge on any atom is 0.309 e. The zero-order chi connectivity index (χ0) is 20.5. The summed E-state index contributed by atoms with van der Waals surface area (Å²) in [5, 5.41) is 13.1. The van der Waals surface area contributed by atoms with Gasteiger partial charge in [0, 0.05) is 13.0 Å². The molecule has 152 valence electrons. The van der Waals surface area contributed by atoms with Gasteiger partial charge in [-0.1, -0.05) is 47.6 Å². The zero-order valence-electron chi connectivity index (χ0n) is 17.4. The minimum atomic E-state index is -0.730. The second-order valence-corrected chi connectivity index (χ2v) is 8.80. The van der Waals surface area contributed by atoms with Gasteiger partial charge in [-0.15, -0.1) is 6.58 Å². The van der Waals surface area contributed by atoms with Gasteiger partial charge in [-0.2, -0.15) is 0 Å². The summed E-state index contributed by atoms with van der Waals surface area (Å²) in [7, 11) is 1.34. The highest BCUT2D eigenvalue weighted by Gasteiger charge is 2.38. The number of esters is 1. The van der Waals surface area contributed by atoms with Gasteiger partial charge in [0.1, 0.15) is 0 Å². The van der Waals surface area contributed by atoms with Crippen LogP contribution in [0.5, 0.6) is 0 Å². The molecule has 0 rings (SSSR count). The van der Waals surface area contributed by atoms with E-state index >= 15 is 0 Å². The number of aliphatic hydroxyl groups excluding tert-OH is 1. The first-order chi connectivity index (χ1) is 11.8. The Morgan fingerprint density at radius 3 is 2.15 bits per heavy atom. The second-order valence-electron chi connectivity index (χ2n) is 8.80. The monoisotopic (exact) mass is 371 g/mol. The number of Topliss-reactive ketones (excluding diaryl/α,β-unsaturated/α-hetero) is 1. The highest BCUT2D eigenvalue weighted by molar-refractivity contribution is 5.89. The van der Waals surface area contributed by atoms with Crippen molar-refractivity contribution >= 4 is 11.8 Å². The normalized spacial score (nSPS) is 15.8. The molecule has 0 aliphatic heterocycles. The van der Waals surface area contributed by atoms with Crippen LogP contribution >= 0.6 is 0 Å². The van der Waals surface area contributed by atoms with Gasteiger partial charge in [0.05, 0.1) is 38.4 Å². The van der Waals surface area contributed by atoms with Crippen molar-refractivity contribution in [3.63, 3.8) is 0 Å². The van der Waals surface area contributed by atoms with Crippen molar-refractivity contribution in [1.82, 2.24) is 5.32 Å². The molecular weight excluding hydrogens is 334 g/mol. The molecule has 3 unspecified atom stereocenters. The van der Waals surface area contributed by atoms with Crippen LogP contribution in [0.4, 0.5) is 0 Å². The minimum Gasteiger partial charge on any atom is -0.469 e. The number of methoxy groups -OCH3 is 1. The Hall–Kier alpha value is -1.24. The minimum absolute atomic E-state index is 0.0676. The maximum absolute atomic E-state index is 12.9. The lowest BCUT2D eigenvalue weighted by Gasteiger charge is -2.34. The number of ketones is 1. The third-order valence-electron chi connectivity index (χ3n) is 4.23. The molecular formula is C20H37NO5. The van der Waals surface area contributed by atoms with Crippen molar-refractivity contribution in [2.24, 2.45) is 16.7 Å². The van der Waals surface area contributed by atoms with E-state index < -0.39 is 18.1 Å². The van der Waals surface area contributed by atoms with Crippen molar-refractivity contribution in [2.75, 3.05) is 26.9 Å².